The van der Waals surface area contributed by atoms with Crippen LogP contribution < -0.4 is 4.74 Å². The third kappa shape index (κ3) is 7.33. The van der Waals surface area contributed by atoms with Crippen molar-refractivity contribution in [2.24, 2.45) is 0 Å². The Morgan fingerprint density at radius 2 is 0.971 bits per heavy atom. The number of ether oxygens (including phenoxy) is 3. The summed E-state index contributed by atoms with van der Waals surface area (Å²) in [6, 6.07) is 25.3. The van der Waals surface area contributed by atoms with Gasteiger partial charge in [0, 0.05) is 36.7 Å². The second-order valence-corrected chi connectivity index (χ2v) is 20.4. The van der Waals surface area contributed by atoms with Gasteiger partial charge in [0.1, 0.15) is 13.2 Å². The number of Topliss-reactive ketones (excluding diaryl/α,β-unsaturated/α-hetero) is 4. The lowest BCUT2D eigenvalue weighted by Crippen LogP contribution is -2.52. The van der Waals surface area contributed by atoms with Gasteiger partial charge in [0.15, 0.2) is 5.75 Å². The van der Waals surface area contributed by atoms with E-state index in [-0.39, 0.29) is 62.8 Å². The molecule has 19 heteroatoms. The van der Waals surface area contributed by atoms with E-state index in [0.29, 0.717) is 44.6 Å². The van der Waals surface area contributed by atoms with Crippen molar-refractivity contribution in [3.05, 3.63) is 169 Å². The smallest absolute Gasteiger partial charge is 0.416 e. The SMILES string of the molecule is O=C1C(=O)c2ccc(C(F)(F)F)cc2/C1=C/c1cc2sc3c(c2s1)OC(C(=O)OCc1ccccc1)(C(=O)OCc1ccccc1)c1c-3sc2cc(/C=C3\C(=O)C(=O)c4ccc(C(F)(F)F)cc43)sc12. The summed E-state index contributed by atoms with van der Waals surface area (Å²) in [5, 5.41) is 0. The van der Waals surface area contributed by atoms with Crippen LogP contribution in [0.3, 0.4) is 0 Å². The number of thiophene rings is 4. The molecule has 70 heavy (non-hydrogen) atoms. The van der Waals surface area contributed by atoms with E-state index in [9.17, 15) is 45.5 Å². The minimum Gasteiger partial charge on any atom is -0.457 e. The van der Waals surface area contributed by atoms with Crippen molar-refractivity contribution in [1.82, 2.24) is 0 Å². The predicted octanol–water partition coefficient (Wildman–Crippen LogP) is 12.6. The topological polar surface area (TPSA) is 130 Å². The highest BCUT2D eigenvalue weighted by Crippen LogP contribution is 2.61. The monoisotopic (exact) mass is 1020 g/mol. The number of ketones is 4. The zero-order valence-corrected chi connectivity index (χ0v) is 38.3. The Labute approximate surface area is 405 Å². The fourth-order valence-electron chi connectivity index (χ4n) is 8.47. The highest BCUT2D eigenvalue weighted by atomic mass is 32.1. The molecule has 0 bridgehead atoms. The Morgan fingerprint density at radius 1 is 0.529 bits per heavy atom. The van der Waals surface area contributed by atoms with Crippen molar-refractivity contribution < 1.29 is 69.3 Å². The van der Waals surface area contributed by atoms with E-state index < -0.39 is 64.2 Å². The largest absolute Gasteiger partial charge is 0.457 e. The third-order valence-corrected chi connectivity index (χ3v) is 16.6. The van der Waals surface area contributed by atoms with Gasteiger partial charge < -0.3 is 14.2 Å². The van der Waals surface area contributed by atoms with Gasteiger partial charge in [-0.15, -0.1) is 45.3 Å². The molecular formula is C51H24F6O9S4. The molecule has 1 aliphatic heterocycles. The normalized spacial score (nSPS) is 16.2. The van der Waals surface area contributed by atoms with Gasteiger partial charge in [-0.2, -0.15) is 26.3 Å². The van der Waals surface area contributed by atoms with Crippen molar-refractivity contribution in [3.63, 3.8) is 0 Å². The van der Waals surface area contributed by atoms with Gasteiger partial charge in [-0.3, -0.25) is 19.2 Å². The van der Waals surface area contributed by atoms with E-state index in [1.807, 2.05) is 0 Å². The molecule has 0 unspecified atom stereocenters. The van der Waals surface area contributed by atoms with Gasteiger partial charge in [-0.1, -0.05) is 60.7 Å². The summed E-state index contributed by atoms with van der Waals surface area (Å²) in [5.41, 5.74) is -4.95. The number of fused-ring (bicyclic) bond motifs is 9. The van der Waals surface area contributed by atoms with Crippen LogP contribution in [-0.2, 0) is 59.8 Å². The van der Waals surface area contributed by atoms with Crippen LogP contribution in [0.25, 0.3) is 51.9 Å². The number of benzene rings is 4. The van der Waals surface area contributed by atoms with Gasteiger partial charge in [0.25, 0.3) is 0 Å². The average molecular weight is 1020 g/mol. The number of alkyl halides is 6. The maximum Gasteiger partial charge on any atom is 0.416 e. The fraction of sp³-hybridized carbons (Fsp3) is 0.0980. The van der Waals surface area contributed by atoms with E-state index in [2.05, 4.69) is 0 Å². The molecule has 0 radical (unpaired) electrons. The number of hydrogen-bond acceptors (Lipinski definition) is 13. The van der Waals surface area contributed by atoms with Gasteiger partial charge >= 0.3 is 29.9 Å². The summed E-state index contributed by atoms with van der Waals surface area (Å²) in [6.07, 6.45) is -6.93. The molecule has 2 aliphatic carbocycles. The van der Waals surface area contributed by atoms with Crippen LogP contribution in [-0.4, -0.2) is 35.1 Å². The van der Waals surface area contributed by atoms with Crippen LogP contribution in [0.1, 0.15) is 69.4 Å². The summed E-state index contributed by atoms with van der Waals surface area (Å²) in [5.74, 6) is -6.26. The number of carbonyl (C=O) groups is 6. The first-order valence-electron chi connectivity index (χ1n) is 20.7. The van der Waals surface area contributed by atoms with Crippen LogP contribution in [0.15, 0.2) is 109 Å². The zero-order chi connectivity index (χ0) is 49.0. The van der Waals surface area contributed by atoms with Crippen LogP contribution in [0.4, 0.5) is 26.3 Å². The molecule has 0 N–H and O–H groups in total. The molecule has 11 rings (SSSR count). The molecule has 0 spiro atoms. The highest BCUT2D eigenvalue weighted by Gasteiger charge is 2.60. The molecule has 0 saturated carbocycles. The van der Waals surface area contributed by atoms with E-state index in [1.54, 1.807) is 72.8 Å². The summed E-state index contributed by atoms with van der Waals surface area (Å²) in [6.45, 7) is -0.632. The highest BCUT2D eigenvalue weighted by molar-refractivity contribution is 7.35. The van der Waals surface area contributed by atoms with Crippen LogP contribution in [0.5, 0.6) is 5.75 Å². The quantitative estimate of drug-likeness (QED) is 0.0480. The minimum atomic E-state index is -4.77. The summed E-state index contributed by atoms with van der Waals surface area (Å²) in [7, 11) is 0. The molecule has 0 saturated heterocycles. The first kappa shape index (κ1) is 45.1. The molecule has 9 nitrogen and oxygen atoms in total. The van der Waals surface area contributed by atoms with Gasteiger partial charge in [-0.05, 0) is 82.9 Å². The first-order chi connectivity index (χ1) is 33.4. The number of hydrogen-bond donors (Lipinski definition) is 0. The molecule has 8 aromatic rings. The Kier molecular flexibility index (Phi) is 10.6. The molecule has 348 valence electrons. The van der Waals surface area contributed by atoms with Crippen molar-refractivity contribution in [1.29, 1.82) is 0 Å². The van der Waals surface area contributed by atoms with Crippen LogP contribution in [0.2, 0.25) is 0 Å². The minimum absolute atomic E-state index is 0.0303. The number of halogens is 6. The molecular weight excluding hydrogens is 999 g/mol. The van der Waals surface area contributed by atoms with Crippen LogP contribution in [0, 0.1) is 0 Å². The maximum atomic E-state index is 15.1. The predicted molar refractivity (Wildman–Crippen MR) is 250 cm³/mol. The Hall–Kier alpha value is -7.32. The van der Waals surface area contributed by atoms with Gasteiger partial charge in [-0.25, -0.2) is 9.59 Å². The lowest BCUT2D eigenvalue weighted by atomic mass is 9.90. The first-order valence-corrected chi connectivity index (χ1v) is 24.0. The Balaban J connectivity index is 1.08. The Morgan fingerprint density at radius 3 is 1.44 bits per heavy atom. The zero-order valence-electron chi connectivity index (χ0n) is 35.0. The Bertz CT molecular complexity index is 3630. The fourth-order valence-corrected chi connectivity index (χ4v) is 13.7. The van der Waals surface area contributed by atoms with Gasteiger partial charge in [0.05, 0.1) is 40.5 Å². The summed E-state index contributed by atoms with van der Waals surface area (Å²) < 4.78 is 103. The average Bonchev–Trinajstić information content (AvgIpc) is 4.17. The van der Waals surface area contributed by atoms with Crippen molar-refractivity contribution >= 4 is 123 Å². The van der Waals surface area contributed by atoms with Gasteiger partial charge in [0.2, 0.25) is 23.1 Å². The van der Waals surface area contributed by atoms with E-state index in [1.165, 1.54) is 23.5 Å². The molecule has 4 aromatic carbocycles. The van der Waals surface area contributed by atoms with Crippen molar-refractivity contribution in [2.45, 2.75) is 31.2 Å². The van der Waals surface area contributed by atoms with Crippen molar-refractivity contribution in [2.75, 3.05) is 0 Å². The van der Waals surface area contributed by atoms with Crippen LogP contribution >= 0.6 is 45.3 Å². The third-order valence-electron chi connectivity index (χ3n) is 11.8. The lowest BCUT2D eigenvalue weighted by Gasteiger charge is -2.33. The molecule has 5 heterocycles. The molecule has 0 atom stereocenters. The molecule has 4 aromatic heterocycles. The number of carbonyl (C=O) groups excluding carboxylic acids is 6. The van der Waals surface area contributed by atoms with E-state index in [4.69, 9.17) is 14.2 Å². The molecule has 3 aliphatic rings. The second kappa shape index (κ2) is 16.4. The molecule has 0 amide bonds. The maximum absolute atomic E-state index is 15.1. The summed E-state index contributed by atoms with van der Waals surface area (Å²) in [4.78, 5) is 84.1. The second-order valence-electron chi connectivity index (χ2n) is 16.1. The number of allylic oxidation sites excluding steroid dienone is 2. The number of rotatable bonds is 8. The van der Waals surface area contributed by atoms with E-state index in [0.717, 1.165) is 70.4 Å². The lowest BCUT2D eigenvalue weighted by molar-refractivity contribution is -0.183. The number of esters is 2. The van der Waals surface area contributed by atoms with E-state index >= 15 is 9.59 Å². The standard InChI is InChI=1S/C51H24F6O9S4/c52-50(53,54)25-11-13-29-31(15-25)33(40(60)38(29)58)17-27-19-35-43(67-27)37-45(69-35)46-42(66-49(37,47(62)64-21-23-7-3-1-4-8-23)48(63)65-22-24-9-5-2-6-10-24)44-36(70-46)20-28(68-44)18-34-32-16-26(51(55,56)57)12-14-30(32)39(59)41(34)61/h1-20H,21-22H2/b33-17-,34-18-. The molecule has 0 fully saturated rings. The van der Waals surface area contributed by atoms with Crippen molar-refractivity contribution in [3.8, 4) is 15.5 Å². The summed E-state index contributed by atoms with van der Waals surface area (Å²) >= 11 is 4.33.